The normalized spacial score (nSPS) is 21.0. The zero-order valence-electron chi connectivity index (χ0n) is 17.9. The maximum atomic E-state index is 12.7. The molecule has 30 heavy (non-hydrogen) atoms. The first-order valence-electron chi connectivity index (χ1n) is 11.8. The highest BCUT2D eigenvalue weighted by Crippen LogP contribution is 2.28. The number of benzene rings is 1. The number of para-hydroxylation sites is 1. The zero-order valence-corrected chi connectivity index (χ0v) is 17.9. The molecule has 164 valence electrons. The number of carbonyl (C=O) groups excluding carboxylic acids is 2. The van der Waals surface area contributed by atoms with Crippen molar-refractivity contribution in [3.63, 3.8) is 0 Å². The molecule has 3 fully saturated rings. The van der Waals surface area contributed by atoms with E-state index >= 15 is 0 Å². The highest BCUT2D eigenvalue weighted by Gasteiger charge is 2.29. The van der Waals surface area contributed by atoms with Crippen LogP contribution in [0.4, 0.5) is 4.79 Å². The van der Waals surface area contributed by atoms with Crippen molar-refractivity contribution in [2.24, 2.45) is 5.92 Å². The number of nitrogens with zero attached hydrogens (tertiary/aromatic N) is 1. The third-order valence-electron chi connectivity index (χ3n) is 6.85. The third-order valence-corrected chi connectivity index (χ3v) is 6.85. The lowest BCUT2D eigenvalue weighted by molar-refractivity contribution is -0.137. The molecule has 3 amide bonds. The molecule has 1 saturated heterocycles. The van der Waals surface area contributed by atoms with Crippen LogP contribution in [0.3, 0.4) is 0 Å². The molecule has 0 spiro atoms. The van der Waals surface area contributed by atoms with Crippen LogP contribution in [0.25, 0.3) is 0 Å². The predicted molar refractivity (Wildman–Crippen MR) is 116 cm³/mol. The Morgan fingerprint density at radius 2 is 1.67 bits per heavy atom. The second-order valence-electron chi connectivity index (χ2n) is 9.04. The second-order valence-corrected chi connectivity index (χ2v) is 9.04. The standard InChI is InChI=1S/C24H35N3O3/c28-23(18-7-2-1-3-8-18)27-15-13-20(14-16-27)26-24(29)25-17-19-9-4-5-12-22(19)30-21-10-6-11-21/h4-5,9,12,18,20-21H,1-3,6-8,10-11,13-17H2,(H2,25,26,29). The Morgan fingerprint density at radius 1 is 0.933 bits per heavy atom. The molecule has 2 saturated carbocycles. The number of amides is 3. The van der Waals surface area contributed by atoms with Gasteiger partial charge in [-0.25, -0.2) is 4.79 Å². The van der Waals surface area contributed by atoms with Crippen molar-refractivity contribution in [3.05, 3.63) is 29.8 Å². The Hall–Kier alpha value is -2.24. The topological polar surface area (TPSA) is 70.7 Å². The van der Waals surface area contributed by atoms with Crippen molar-refractivity contribution >= 4 is 11.9 Å². The minimum Gasteiger partial charge on any atom is -0.490 e. The molecular weight excluding hydrogens is 378 g/mol. The number of ether oxygens (including phenoxy) is 1. The highest BCUT2D eigenvalue weighted by molar-refractivity contribution is 5.79. The van der Waals surface area contributed by atoms with Crippen LogP contribution in [0.5, 0.6) is 5.75 Å². The fourth-order valence-corrected chi connectivity index (χ4v) is 4.70. The first-order valence-corrected chi connectivity index (χ1v) is 11.8. The smallest absolute Gasteiger partial charge is 0.315 e. The van der Waals surface area contributed by atoms with E-state index < -0.39 is 0 Å². The van der Waals surface area contributed by atoms with E-state index in [-0.39, 0.29) is 18.0 Å². The number of piperidine rings is 1. The number of hydrogen-bond donors (Lipinski definition) is 2. The quantitative estimate of drug-likeness (QED) is 0.741. The van der Waals surface area contributed by atoms with Crippen molar-refractivity contribution in [3.8, 4) is 5.75 Å². The molecule has 0 atom stereocenters. The zero-order chi connectivity index (χ0) is 20.8. The largest absolute Gasteiger partial charge is 0.490 e. The fraction of sp³-hybridized carbons (Fsp3) is 0.667. The van der Waals surface area contributed by atoms with Gasteiger partial charge < -0.3 is 20.3 Å². The Labute approximate surface area is 179 Å². The highest BCUT2D eigenvalue weighted by atomic mass is 16.5. The van der Waals surface area contributed by atoms with E-state index in [1.54, 1.807) is 0 Å². The summed E-state index contributed by atoms with van der Waals surface area (Å²) in [4.78, 5) is 27.1. The SMILES string of the molecule is O=C(NCc1ccccc1OC1CCC1)NC1CCN(C(=O)C2CCCCC2)CC1. The molecular formula is C24H35N3O3. The van der Waals surface area contributed by atoms with Gasteiger partial charge in [0.25, 0.3) is 0 Å². The van der Waals surface area contributed by atoms with Crippen molar-refractivity contribution in [2.75, 3.05) is 13.1 Å². The monoisotopic (exact) mass is 413 g/mol. The van der Waals surface area contributed by atoms with Gasteiger partial charge in [-0.3, -0.25) is 4.79 Å². The third kappa shape index (κ3) is 5.46. The van der Waals surface area contributed by atoms with Crippen LogP contribution < -0.4 is 15.4 Å². The van der Waals surface area contributed by atoms with Gasteiger partial charge in [-0.05, 0) is 51.0 Å². The van der Waals surface area contributed by atoms with Gasteiger partial charge in [0.1, 0.15) is 5.75 Å². The molecule has 6 heteroatoms. The molecule has 0 aromatic heterocycles. The Kier molecular flexibility index (Phi) is 7.13. The van der Waals surface area contributed by atoms with Crippen LogP contribution in [-0.4, -0.2) is 42.1 Å². The average Bonchev–Trinajstić information content (AvgIpc) is 2.76. The minimum absolute atomic E-state index is 0.127. The number of urea groups is 1. The van der Waals surface area contributed by atoms with E-state index in [1.807, 2.05) is 29.2 Å². The van der Waals surface area contributed by atoms with E-state index in [0.29, 0.717) is 18.6 Å². The summed E-state index contributed by atoms with van der Waals surface area (Å²) >= 11 is 0. The van der Waals surface area contributed by atoms with Crippen molar-refractivity contribution in [2.45, 2.75) is 82.9 Å². The molecule has 6 nitrogen and oxygen atoms in total. The molecule has 2 aliphatic carbocycles. The van der Waals surface area contributed by atoms with Crippen LogP contribution in [0, 0.1) is 5.92 Å². The molecule has 1 aliphatic heterocycles. The van der Waals surface area contributed by atoms with E-state index in [9.17, 15) is 9.59 Å². The number of nitrogens with one attached hydrogen (secondary N) is 2. The van der Waals surface area contributed by atoms with Gasteiger partial charge in [0.2, 0.25) is 5.91 Å². The van der Waals surface area contributed by atoms with Gasteiger partial charge in [0.15, 0.2) is 0 Å². The maximum Gasteiger partial charge on any atom is 0.315 e. The molecule has 1 aromatic carbocycles. The van der Waals surface area contributed by atoms with Crippen LogP contribution in [0.1, 0.15) is 69.8 Å². The Morgan fingerprint density at radius 3 is 2.37 bits per heavy atom. The lowest BCUT2D eigenvalue weighted by Gasteiger charge is -2.35. The summed E-state index contributed by atoms with van der Waals surface area (Å²) in [6, 6.07) is 7.91. The van der Waals surface area contributed by atoms with E-state index in [2.05, 4.69) is 10.6 Å². The molecule has 0 unspecified atom stereocenters. The molecule has 1 heterocycles. The summed E-state index contributed by atoms with van der Waals surface area (Å²) in [5.41, 5.74) is 1.01. The first-order chi connectivity index (χ1) is 14.7. The summed E-state index contributed by atoms with van der Waals surface area (Å²) in [6.45, 7) is 1.95. The van der Waals surface area contributed by atoms with Gasteiger partial charge in [0.05, 0.1) is 6.10 Å². The minimum atomic E-state index is -0.148. The number of rotatable bonds is 6. The molecule has 3 aliphatic rings. The van der Waals surface area contributed by atoms with Gasteiger partial charge >= 0.3 is 6.03 Å². The second kappa shape index (κ2) is 10.2. The van der Waals surface area contributed by atoms with Crippen molar-refractivity contribution in [1.29, 1.82) is 0 Å². The van der Waals surface area contributed by atoms with Gasteiger partial charge in [0, 0.05) is 37.2 Å². The lowest BCUT2D eigenvalue weighted by atomic mass is 9.87. The average molecular weight is 414 g/mol. The summed E-state index contributed by atoms with van der Waals surface area (Å²) in [7, 11) is 0. The van der Waals surface area contributed by atoms with Crippen LogP contribution in [0.2, 0.25) is 0 Å². The van der Waals surface area contributed by atoms with Crippen LogP contribution in [0.15, 0.2) is 24.3 Å². The van der Waals surface area contributed by atoms with Gasteiger partial charge in [-0.2, -0.15) is 0 Å². The summed E-state index contributed by atoms with van der Waals surface area (Å²) in [6.07, 6.45) is 11.2. The molecule has 0 radical (unpaired) electrons. The van der Waals surface area contributed by atoms with Gasteiger partial charge in [-0.1, -0.05) is 37.5 Å². The summed E-state index contributed by atoms with van der Waals surface area (Å²) in [5, 5.41) is 6.05. The summed E-state index contributed by atoms with van der Waals surface area (Å²) < 4.78 is 6.04. The van der Waals surface area contributed by atoms with E-state index in [4.69, 9.17) is 4.74 Å². The van der Waals surface area contributed by atoms with Crippen molar-refractivity contribution in [1.82, 2.24) is 15.5 Å². The van der Waals surface area contributed by atoms with E-state index in [0.717, 1.165) is 62.9 Å². The van der Waals surface area contributed by atoms with E-state index in [1.165, 1.54) is 25.7 Å². The molecule has 2 N–H and O–H groups in total. The Balaban J connectivity index is 1.19. The number of likely N-dealkylation sites (tertiary alicyclic amines) is 1. The predicted octanol–water partition coefficient (Wildman–Crippen LogP) is 3.99. The number of hydrogen-bond acceptors (Lipinski definition) is 3. The number of carbonyl (C=O) groups is 2. The maximum absolute atomic E-state index is 12.7. The van der Waals surface area contributed by atoms with Crippen LogP contribution >= 0.6 is 0 Å². The molecule has 1 aromatic rings. The molecule has 4 rings (SSSR count). The summed E-state index contributed by atoms with van der Waals surface area (Å²) in [5.74, 6) is 1.44. The molecule has 0 bridgehead atoms. The van der Waals surface area contributed by atoms with Crippen LogP contribution in [-0.2, 0) is 11.3 Å². The Bertz CT molecular complexity index is 720. The van der Waals surface area contributed by atoms with Gasteiger partial charge in [-0.15, -0.1) is 0 Å². The first kappa shape index (κ1) is 21.0. The lowest BCUT2D eigenvalue weighted by Crippen LogP contribution is -2.50. The fourth-order valence-electron chi connectivity index (χ4n) is 4.70. The van der Waals surface area contributed by atoms with Crippen molar-refractivity contribution < 1.29 is 14.3 Å².